The monoisotopic (exact) mass is 308 g/mol. The summed E-state index contributed by atoms with van der Waals surface area (Å²) in [6.45, 7) is 2.44. The Labute approximate surface area is 127 Å². The second kappa shape index (κ2) is 6.16. The maximum Gasteiger partial charge on any atom is 0.258 e. The molecule has 0 aromatic heterocycles. The third-order valence-corrected chi connectivity index (χ3v) is 3.31. The Morgan fingerprint density at radius 2 is 1.65 bits per heavy atom. The summed E-state index contributed by atoms with van der Waals surface area (Å²) in [7, 11) is 0. The van der Waals surface area contributed by atoms with Crippen molar-refractivity contribution < 1.29 is 4.79 Å². The first-order valence-electron chi connectivity index (χ1n) is 6.14. The molecule has 1 amide bonds. The number of benzene rings is 2. The van der Waals surface area contributed by atoms with E-state index in [0.717, 1.165) is 5.69 Å². The van der Waals surface area contributed by atoms with Crippen molar-refractivity contribution in [3.8, 4) is 0 Å². The van der Waals surface area contributed by atoms with Crippen LogP contribution in [0.3, 0.4) is 0 Å². The van der Waals surface area contributed by atoms with E-state index in [1.165, 1.54) is 0 Å². The minimum absolute atomic E-state index is 0.151. The van der Waals surface area contributed by atoms with E-state index in [1.54, 1.807) is 35.2 Å². The van der Waals surface area contributed by atoms with Gasteiger partial charge < -0.3 is 10.6 Å². The Morgan fingerprint density at radius 1 is 1.10 bits per heavy atom. The lowest BCUT2D eigenvalue weighted by Gasteiger charge is -2.21. The van der Waals surface area contributed by atoms with Gasteiger partial charge in [0.15, 0.2) is 0 Å². The first-order valence-corrected chi connectivity index (χ1v) is 6.90. The van der Waals surface area contributed by atoms with E-state index < -0.39 is 0 Å². The maximum atomic E-state index is 12.5. The number of halogens is 2. The second-order valence-corrected chi connectivity index (χ2v) is 5.17. The summed E-state index contributed by atoms with van der Waals surface area (Å²) in [6, 6.07) is 11.9. The van der Waals surface area contributed by atoms with Crippen LogP contribution in [0.15, 0.2) is 42.5 Å². The average molecular weight is 309 g/mol. The molecule has 0 aliphatic rings. The van der Waals surface area contributed by atoms with Gasteiger partial charge in [-0.3, -0.25) is 4.79 Å². The molecule has 20 heavy (non-hydrogen) atoms. The van der Waals surface area contributed by atoms with Crippen LogP contribution in [0.5, 0.6) is 0 Å². The Balaban J connectivity index is 2.36. The molecular formula is C15H14Cl2N2O. The molecule has 0 bridgehead atoms. The Bertz CT molecular complexity index is 606. The number of nitrogens with zero attached hydrogens (tertiary/aromatic N) is 1. The highest BCUT2D eigenvalue weighted by Crippen LogP contribution is 2.23. The molecule has 5 heteroatoms. The van der Waals surface area contributed by atoms with E-state index in [0.29, 0.717) is 27.8 Å². The summed E-state index contributed by atoms with van der Waals surface area (Å²) in [6.07, 6.45) is 0. The van der Waals surface area contributed by atoms with Gasteiger partial charge in [-0.15, -0.1) is 0 Å². The summed E-state index contributed by atoms with van der Waals surface area (Å²) >= 11 is 11.9. The Kier molecular flexibility index (Phi) is 4.53. The number of nitrogens with two attached hydrogens (primary N) is 1. The molecule has 0 aliphatic heterocycles. The van der Waals surface area contributed by atoms with Crippen LogP contribution in [0.2, 0.25) is 10.0 Å². The van der Waals surface area contributed by atoms with Gasteiger partial charge >= 0.3 is 0 Å². The largest absolute Gasteiger partial charge is 0.399 e. The molecule has 0 radical (unpaired) electrons. The summed E-state index contributed by atoms with van der Waals surface area (Å²) in [4.78, 5) is 14.2. The minimum atomic E-state index is -0.151. The van der Waals surface area contributed by atoms with Crippen molar-refractivity contribution in [3.05, 3.63) is 58.1 Å². The van der Waals surface area contributed by atoms with Gasteiger partial charge in [-0.1, -0.05) is 23.2 Å². The fourth-order valence-electron chi connectivity index (χ4n) is 1.93. The maximum absolute atomic E-state index is 12.5. The SMILES string of the molecule is CCN(C(=O)c1cc(Cl)cc(Cl)c1)c1ccc(N)cc1. The van der Waals surface area contributed by atoms with Gasteiger partial charge in [0.25, 0.3) is 5.91 Å². The van der Waals surface area contributed by atoms with E-state index in [1.807, 2.05) is 19.1 Å². The zero-order chi connectivity index (χ0) is 14.7. The topological polar surface area (TPSA) is 46.3 Å². The lowest BCUT2D eigenvalue weighted by molar-refractivity contribution is 0.0988. The molecular weight excluding hydrogens is 295 g/mol. The normalized spacial score (nSPS) is 10.3. The molecule has 3 nitrogen and oxygen atoms in total. The van der Waals surface area contributed by atoms with Crippen LogP contribution in [0, 0.1) is 0 Å². The molecule has 104 valence electrons. The van der Waals surface area contributed by atoms with Crippen LogP contribution in [0.1, 0.15) is 17.3 Å². The highest BCUT2D eigenvalue weighted by atomic mass is 35.5. The fraction of sp³-hybridized carbons (Fsp3) is 0.133. The van der Waals surface area contributed by atoms with Crippen molar-refractivity contribution in [2.45, 2.75) is 6.92 Å². The molecule has 2 aromatic carbocycles. The molecule has 0 heterocycles. The Hall–Kier alpha value is -1.71. The van der Waals surface area contributed by atoms with E-state index in [9.17, 15) is 4.79 Å². The van der Waals surface area contributed by atoms with Crippen LogP contribution in [-0.2, 0) is 0 Å². The number of nitrogen functional groups attached to an aromatic ring is 1. The molecule has 0 spiro atoms. The molecule has 2 aromatic rings. The van der Waals surface area contributed by atoms with Crippen LogP contribution < -0.4 is 10.6 Å². The van der Waals surface area contributed by atoms with Crippen molar-refractivity contribution in [2.24, 2.45) is 0 Å². The highest BCUT2D eigenvalue weighted by Gasteiger charge is 2.17. The van der Waals surface area contributed by atoms with Gasteiger partial charge in [0.2, 0.25) is 0 Å². The summed E-state index contributed by atoms with van der Waals surface area (Å²) in [5.41, 5.74) is 7.55. The van der Waals surface area contributed by atoms with Crippen LogP contribution in [0.25, 0.3) is 0 Å². The average Bonchev–Trinajstić information content (AvgIpc) is 2.40. The van der Waals surface area contributed by atoms with Gasteiger partial charge in [-0.2, -0.15) is 0 Å². The van der Waals surface area contributed by atoms with Gasteiger partial charge in [0, 0.05) is 33.5 Å². The molecule has 0 saturated carbocycles. The molecule has 0 fully saturated rings. The molecule has 0 unspecified atom stereocenters. The predicted octanol–water partition coefficient (Wildman–Crippen LogP) is 4.24. The predicted molar refractivity (Wildman–Crippen MR) is 84.7 cm³/mol. The first-order chi connectivity index (χ1) is 9.51. The second-order valence-electron chi connectivity index (χ2n) is 4.30. The number of amides is 1. The standard InChI is InChI=1S/C15H14Cl2N2O/c1-2-19(14-5-3-13(18)4-6-14)15(20)10-7-11(16)9-12(17)8-10/h3-9H,2,18H2,1H3. The fourth-order valence-corrected chi connectivity index (χ4v) is 2.46. The lowest BCUT2D eigenvalue weighted by Crippen LogP contribution is -2.30. The molecule has 0 saturated heterocycles. The van der Waals surface area contributed by atoms with Crippen LogP contribution in [-0.4, -0.2) is 12.5 Å². The highest BCUT2D eigenvalue weighted by molar-refractivity contribution is 6.35. The number of hydrogen-bond acceptors (Lipinski definition) is 2. The summed E-state index contributed by atoms with van der Waals surface area (Å²) < 4.78 is 0. The van der Waals surface area contributed by atoms with Crippen LogP contribution in [0.4, 0.5) is 11.4 Å². The van der Waals surface area contributed by atoms with Crippen molar-refractivity contribution in [2.75, 3.05) is 17.2 Å². The zero-order valence-electron chi connectivity index (χ0n) is 10.9. The van der Waals surface area contributed by atoms with E-state index in [2.05, 4.69) is 0 Å². The minimum Gasteiger partial charge on any atom is -0.399 e. The van der Waals surface area contributed by atoms with Crippen LogP contribution >= 0.6 is 23.2 Å². The van der Waals surface area contributed by atoms with Gasteiger partial charge in [-0.25, -0.2) is 0 Å². The number of anilines is 2. The lowest BCUT2D eigenvalue weighted by atomic mass is 10.1. The number of carbonyl (C=O) groups excluding carboxylic acids is 1. The summed E-state index contributed by atoms with van der Waals surface area (Å²) in [5.74, 6) is -0.151. The summed E-state index contributed by atoms with van der Waals surface area (Å²) in [5, 5.41) is 0.878. The van der Waals surface area contributed by atoms with Gasteiger partial charge in [-0.05, 0) is 49.4 Å². The van der Waals surface area contributed by atoms with Gasteiger partial charge in [0.05, 0.1) is 0 Å². The third kappa shape index (κ3) is 3.24. The zero-order valence-corrected chi connectivity index (χ0v) is 12.4. The molecule has 0 atom stereocenters. The number of hydrogen-bond donors (Lipinski definition) is 1. The van der Waals surface area contributed by atoms with E-state index in [4.69, 9.17) is 28.9 Å². The van der Waals surface area contributed by atoms with Crippen molar-refractivity contribution in [1.29, 1.82) is 0 Å². The van der Waals surface area contributed by atoms with E-state index in [-0.39, 0.29) is 5.91 Å². The third-order valence-electron chi connectivity index (χ3n) is 2.88. The van der Waals surface area contributed by atoms with E-state index >= 15 is 0 Å². The van der Waals surface area contributed by atoms with Gasteiger partial charge in [0.1, 0.15) is 0 Å². The van der Waals surface area contributed by atoms with Crippen molar-refractivity contribution in [3.63, 3.8) is 0 Å². The van der Waals surface area contributed by atoms with Crippen molar-refractivity contribution >= 4 is 40.5 Å². The quantitative estimate of drug-likeness (QED) is 0.862. The molecule has 2 N–H and O–H groups in total. The van der Waals surface area contributed by atoms with Crippen molar-refractivity contribution in [1.82, 2.24) is 0 Å². The Morgan fingerprint density at radius 3 is 2.15 bits per heavy atom. The number of rotatable bonds is 3. The number of carbonyl (C=O) groups is 1. The smallest absolute Gasteiger partial charge is 0.258 e. The first kappa shape index (κ1) is 14.7. The molecule has 0 aliphatic carbocycles. The molecule has 2 rings (SSSR count).